The maximum absolute atomic E-state index is 13.3. The maximum Gasteiger partial charge on any atom is 0.255 e. The van der Waals surface area contributed by atoms with Crippen LogP contribution in [0, 0.1) is 5.92 Å². The van der Waals surface area contributed by atoms with Gasteiger partial charge in [0.05, 0.1) is 6.20 Å². The predicted octanol–water partition coefficient (Wildman–Crippen LogP) is 2.89. The van der Waals surface area contributed by atoms with Crippen molar-refractivity contribution in [1.29, 1.82) is 0 Å². The van der Waals surface area contributed by atoms with Crippen LogP contribution in [0.1, 0.15) is 34.7 Å². The summed E-state index contributed by atoms with van der Waals surface area (Å²) >= 11 is 1.77. The van der Waals surface area contributed by atoms with E-state index >= 15 is 0 Å². The van der Waals surface area contributed by atoms with Crippen molar-refractivity contribution in [2.45, 2.75) is 38.5 Å². The molecule has 1 saturated heterocycles. The summed E-state index contributed by atoms with van der Waals surface area (Å²) in [6.45, 7) is 5.46. The number of nitrogens with zero attached hydrogens (tertiary/aromatic N) is 5. The molecule has 1 fully saturated rings. The molecule has 2 atom stereocenters. The normalized spacial score (nSPS) is 21.2. The van der Waals surface area contributed by atoms with Crippen LogP contribution in [-0.4, -0.2) is 44.3 Å². The first kappa shape index (κ1) is 19.7. The third-order valence-corrected chi connectivity index (χ3v) is 7.13. The van der Waals surface area contributed by atoms with E-state index in [1.165, 1.54) is 23.2 Å². The highest BCUT2D eigenvalue weighted by atomic mass is 32.1. The Morgan fingerprint density at radius 1 is 1.17 bits per heavy atom. The van der Waals surface area contributed by atoms with Gasteiger partial charge in [0, 0.05) is 75.3 Å². The number of hydrogen-bond donors (Lipinski definition) is 0. The molecule has 0 saturated carbocycles. The summed E-state index contributed by atoms with van der Waals surface area (Å²) in [6, 6.07) is 6.50. The minimum Gasteiger partial charge on any atom is -0.312 e. The fraction of sp³-hybridized carbons (Fsp3) is 0.478. The number of hydrogen-bond acceptors (Lipinski definition) is 5. The number of rotatable bonds is 6. The summed E-state index contributed by atoms with van der Waals surface area (Å²) in [5.74, 6) is 1.03. The maximum atomic E-state index is 13.3. The van der Waals surface area contributed by atoms with Crippen molar-refractivity contribution in [2.75, 3.05) is 20.1 Å². The van der Waals surface area contributed by atoms with E-state index in [0.717, 1.165) is 38.3 Å². The number of piperidine rings is 1. The first-order valence-electron chi connectivity index (χ1n) is 10.7. The molecule has 3 aromatic heterocycles. The fourth-order valence-electron chi connectivity index (χ4n) is 5.19. The molecule has 3 aromatic rings. The van der Waals surface area contributed by atoms with E-state index in [1.54, 1.807) is 11.3 Å². The number of likely N-dealkylation sites (tertiary alicyclic amines) is 1. The van der Waals surface area contributed by atoms with Crippen molar-refractivity contribution >= 4 is 11.3 Å². The molecule has 0 aromatic carbocycles. The van der Waals surface area contributed by atoms with Crippen LogP contribution in [0.15, 0.2) is 46.1 Å². The predicted molar refractivity (Wildman–Crippen MR) is 120 cm³/mol. The molecule has 2 aliphatic rings. The fourth-order valence-corrected chi connectivity index (χ4v) is 5.85. The van der Waals surface area contributed by atoms with Crippen LogP contribution in [-0.2, 0) is 33.2 Å². The van der Waals surface area contributed by atoms with Gasteiger partial charge in [-0.2, -0.15) is 16.4 Å². The van der Waals surface area contributed by atoms with Crippen molar-refractivity contribution in [2.24, 2.45) is 13.0 Å². The second-order valence-electron chi connectivity index (χ2n) is 9.02. The molecule has 2 aliphatic heterocycles. The molecule has 5 heterocycles. The zero-order valence-electron chi connectivity index (χ0n) is 17.7. The van der Waals surface area contributed by atoms with Gasteiger partial charge in [-0.25, -0.2) is 0 Å². The molecule has 0 amide bonds. The van der Waals surface area contributed by atoms with Gasteiger partial charge in [0.2, 0.25) is 0 Å². The molecule has 5 rings (SSSR count). The molecule has 0 unspecified atom stereocenters. The van der Waals surface area contributed by atoms with E-state index in [1.807, 2.05) is 24.1 Å². The average molecular weight is 424 g/mol. The molecule has 0 radical (unpaired) electrons. The lowest BCUT2D eigenvalue weighted by Gasteiger charge is -2.43. The Hall–Kier alpha value is -2.22. The van der Waals surface area contributed by atoms with E-state index in [0.29, 0.717) is 18.4 Å². The van der Waals surface area contributed by atoms with Crippen molar-refractivity contribution in [3.05, 3.63) is 74.1 Å². The molecule has 158 valence electrons. The highest BCUT2D eigenvalue weighted by molar-refractivity contribution is 7.07. The standard InChI is InChI=1S/C23H29N5OS/c1-25(9-19-8-24-26(2)10-19)14-20-3-4-22-21-7-18(13-28(22)23(20)29)12-27(15-21)11-17-5-6-30-16-17/h3-6,8,10,16,18,21H,7,9,11-15H2,1-2H3/t18-,21+/m0/s1. The highest BCUT2D eigenvalue weighted by Crippen LogP contribution is 2.35. The third-order valence-electron chi connectivity index (χ3n) is 6.40. The Kier molecular flexibility index (Phi) is 5.35. The van der Waals surface area contributed by atoms with Crippen LogP contribution in [0.5, 0.6) is 0 Å². The Morgan fingerprint density at radius 2 is 2.07 bits per heavy atom. The Labute approximate surface area is 181 Å². The monoisotopic (exact) mass is 423 g/mol. The van der Waals surface area contributed by atoms with Gasteiger partial charge in [-0.1, -0.05) is 6.07 Å². The lowest BCUT2D eigenvalue weighted by Crippen LogP contribution is -2.47. The van der Waals surface area contributed by atoms with Crippen LogP contribution in [0.25, 0.3) is 0 Å². The summed E-state index contributed by atoms with van der Waals surface area (Å²) in [4.78, 5) is 18.0. The topological polar surface area (TPSA) is 46.3 Å². The van der Waals surface area contributed by atoms with E-state index in [9.17, 15) is 4.79 Å². The summed E-state index contributed by atoms with van der Waals surface area (Å²) < 4.78 is 3.89. The van der Waals surface area contributed by atoms with Crippen molar-refractivity contribution in [3.63, 3.8) is 0 Å². The van der Waals surface area contributed by atoms with Gasteiger partial charge in [-0.3, -0.25) is 19.3 Å². The SMILES string of the molecule is CN(Cc1cnn(C)c1)Cc1ccc2n(c1=O)C[C@H]1C[C@@H]2CN(Cc2ccsc2)C1. The quantitative estimate of drug-likeness (QED) is 0.612. The second-order valence-corrected chi connectivity index (χ2v) is 9.80. The van der Waals surface area contributed by atoms with Crippen LogP contribution < -0.4 is 5.56 Å². The van der Waals surface area contributed by atoms with Crippen molar-refractivity contribution < 1.29 is 0 Å². The molecule has 2 bridgehead atoms. The second kappa shape index (κ2) is 8.13. The van der Waals surface area contributed by atoms with Gasteiger partial charge < -0.3 is 4.57 Å². The van der Waals surface area contributed by atoms with Gasteiger partial charge in [0.15, 0.2) is 0 Å². The molecule has 0 aliphatic carbocycles. The number of fused-ring (bicyclic) bond motifs is 4. The number of aryl methyl sites for hydroxylation is 1. The van der Waals surface area contributed by atoms with Crippen LogP contribution in [0.3, 0.4) is 0 Å². The van der Waals surface area contributed by atoms with Crippen LogP contribution >= 0.6 is 11.3 Å². The summed E-state index contributed by atoms with van der Waals surface area (Å²) in [7, 11) is 3.99. The van der Waals surface area contributed by atoms with Gasteiger partial charge in [0.25, 0.3) is 5.56 Å². The van der Waals surface area contributed by atoms with Crippen molar-refractivity contribution in [1.82, 2.24) is 24.1 Å². The number of aromatic nitrogens is 3. The Morgan fingerprint density at radius 3 is 2.83 bits per heavy atom. The van der Waals surface area contributed by atoms with Gasteiger partial charge in [-0.05, 0) is 47.8 Å². The number of pyridine rings is 1. The summed E-state index contributed by atoms with van der Waals surface area (Å²) in [5.41, 5.74) is 4.89. The summed E-state index contributed by atoms with van der Waals surface area (Å²) in [6.07, 6.45) is 5.12. The van der Waals surface area contributed by atoms with Crippen LogP contribution in [0.4, 0.5) is 0 Å². The number of thiophene rings is 1. The first-order chi connectivity index (χ1) is 14.5. The molecular formula is C23H29N5OS. The van der Waals surface area contributed by atoms with E-state index in [2.05, 4.69) is 55.5 Å². The highest BCUT2D eigenvalue weighted by Gasteiger charge is 2.34. The van der Waals surface area contributed by atoms with E-state index in [-0.39, 0.29) is 5.56 Å². The van der Waals surface area contributed by atoms with Gasteiger partial charge >= 0.3 is 0 Å². The zero-order valence-corrected chi connectivity index (χ0v) is 18.5. The lowest BCUT2D eigenvalue weighted by atomic mass is 9.83. The average Bonchev–Trinajstić information content (AvgIpc) is 3.36. The molecule has 30 heavy (non-hydrogen) atoms. The third kappa shape index (κ3) is 4.02. The zero-order chi connectivity index (χ0) is 20.7. The van der Waals surface area contributed by atoms with E-state index < -0.39 is 0 Å². The van der Waals surface area contributed by atoms with Gasteiger partial charge in [-0.15, -0.1) is 0 Å². The molecular weight excluding hydrogens is 394 g/mol. The van der Waals surface area contributed by atoms with Gasteiger partial charge in [0.1, 0.15) is 0 Å². The van der Waals surface area contributed by atoms with E-state index in [4.69, 9.17) is 0 Å². The first-order valence-corrected chi connectivity index (χ1v) is 11.6. The molecule has 7 heteroatoms. The smallest absolute Gasteiger partial charge is 0.255 e. The Balaban J connectivity index is 1.31. The van der Waals surface area contributed by atoms with Crippen molar-refractivity contribution in [3.8, 4) is 0 Å². The Bertz CT molecular complexity index is 1070. The largest absolute Gasteiger partial charge is 0.312 e. The van der Waals surface area contributed by atoms with Crippen LogP contribution in [0.2, 0.25) is 0 Å². The lowest BCUT2D eigenvalue weighted by molar-refractivity contribution is 0.114. The summed E-state index contributed by atoms with van der Waals surface area (Å²) in [5, 5.41) is 8.64. The minimum absolute atomic E-state index is 0.200. The molecule has 0 N–H and O–H groups in total. The molecule has 0 spiro atoms. The minimum atomic E-state index is 0.200. The molecule has 6 nitrogen and oxygen atoms in total.